The molecule has 1 amide bonds. The van der Waals surface area contributed by atoms with E-state index >= 15 is 0 Å². The van der Waals surface area contributed by atoms with Crippen LogP contribution in [0.2, 0.25) is 0 Å². The van der Waals surface area contributed by atoms with Crippen molar-refractivity contribution in [3.8, 4) is 5.75 Å². The molecule has 0 aliphatic heterocycles. The summed E-state index contributed by atoms with van der Waals surface area (Å²) in [5, 5.41) is 7.92. The van der Waals surface area contributed by atoms with Crippen molar-refractivity contribution in [2.45, 2.75) is 19.9 Å². The Kier molecular flexibility index (Phi) is 6.73. The van der Waals surface area contributed by atoms with Gasteiger partial charge in [-0.05, 0) is 42.7 Å². The number of rotatable bonds is 8. The zero-order valence-electron chi connectivity index (χ0n) is 16.8. The number of hydrogen-bond acceptors (Lipinski definition) is 3. The Labute approximate surface area is 170 Å². The number of carbonyl (C=O) groups is 1. The smallest absolute Gasteiger partial charge is 0.255 e. The first-order valence-electron chi connectivity index (χ1n) is 9.57. The first-order chi connectivity index (χ1) is 14.1. The van der Waals surface area contributed by atoms with Crippen LogP contribution in [0.1, 0.15) is 16.8 Å². The van der Waals surface area contributed by atoms with E-state index in [0.717, 1.165) is 24.5 Å². The lowest BCUT2D eigenvalue weighted by atomic mass is 10.1. The quantitative estimate of drug-likeness (QED) is 0.348. The number of carbonyl (C=O) groups excluding carboxylic acids is 1. The van der Waals surface area contributed by atoms with Crippen LogP contribution >= 0.6 is 0 Å². The molecule has 0 spiro atoms. The van der Waals surface area contributed by atoms with Crippen molar-refractivity contribution >= 4 is 22.8 Å². The Hall–Kier alpha value is -3.48. The number of benzene rings is 2. The second-order valence-electron chi connectivity index (χ2n) is 6.78. The maximum Gasteiger partial charge on any atom is 0.255 e. The molecule has 152 valence electrons. The van der Waals surface area contributed by atoms with Gasteiger partial charge in [-0.15, -0.1) is 0 Å². The molecular weight excluding hydrogens is 366 g/mol. The molecule has 0 saturated heterocycles. The minimum Gasteiger partial charge on any atom is -0.484 e. The van der Waals surface area contributed by atoms with E-state index in [1.54, 1.807) is 13.1 Å². The summed E-state index contributed by atoms with van der Waals surface area (Å²) in [6.07, 6.45) is 0.896. The number of nitrogens with zero attached hydrogens (tertiary/aromatic N) is 1. The number of aryl methyl sites for hydroxylation is 1. The molecule has 0 unspecified atom stereocenters. The van der Waals surface area contributed by atoms with E-state index in [4.69, 9.17) is 10.5 Å². The third-order valence-corrected chi connectivity index (χ3v) is 4.66. The average Bonchev–Trinajstić information content (AvgIpc) is 3.04. The Bertz CT molecular complexity index is 1010. The van der Waals surface area contributed by atoms with Crippen molar-refractivity contribution < 1.29 is 9.53 Å². The fourth-order valence-corrected chi connectivity index (χ4v) is 3.27. The number of amides is 1. The molecule has 2 aromatic carbocycles. The van der Waals surface area contributed by atoms with E-state index in [1.165, 1.54) is 22.2 Å². The normalized spacial score (nSPS) is 11.4. The molecule has 0 atom stereocenters. The van der Waals surface area contributed by atoms with E-state index in [-0.39, 0.29) is 6.61 Å². The van der Waals surface area contributed by atoms with Crippen LogP contribution in [0, 0.1) is 6.92 Å². The van der Waals surface area contributed by atoms with Gasteiger partial charge in [0.05, 0.1) is 0 Å². The molecule has 1 heterocycles. The molecule has 29 heavy (non-hydrogen) atoms. The van der Waals surface area contributed by atoms with Crippen molar-refractivity contribution in [3.05, 3.63) is 65.4 Å². The van der Waals surface area contributed by atoms with Crippen LogP contribution in [0.5, 0.6) is 5.75 Å². The second kappa shape index (κ2) is 9.64. The molecule has 0 bridgehead atoms. The third-order valence-electron chi connectivity index (χ3n) is 4.66. The van der Waals surface area contributed by atoms with Crippen LogP contribution in [-0.2, 0) is 17.8 Å². The third kappa shape index (κ3) is 5.51. The highest BCUT2D eigenvalue weighted by atomic mass is 16.5. The summed E-state index contributed by atoms with van der Waals surface area (Å²) in [6, 6.07) is 15.9. The number of guanidine groups is 1. The Morgan fingerprint density at radius 2 is 2.00 bits per heavy atom. The molecule has 3 aromatic rings. The number of nitrogens with two attached hydrogens (primary N) is 1. The highest BCUT2D eigenvalue weighted by Crippen LogP contribution is 2.21. The lowest BCUT2D eigenvalue weighted by Gasteiger charge is -2.13. The Morgan fingerprint density at radius 3 is 2.79 bits per heavy atom. The molecular formula is C22H27N5O2. The minimum atomic E-state index is -0.497. The number of nitrogens with one attached hydrogen (secondary N) is 3. The number of fused-ring (bicyclic) bond motifs is 1. The number of primary amides is 1. The predicted molar refractivity (Wildman–Crippen MR) is 116 cm³/mol. The molecule has 0 aliphatic rings. The number of aromatic nitrogens is 1. The van der Waals surface area contributed by atoms with E-state index < -0.39 is 5.91 Å². The van der Waals surface area contributed by atoms with Gasteiger partial charge < -0.3 is 26.1 Å². The van der Waals surface area contributed by atoms with Gasteiger partial charge in [0.15, 0.2) is 12.6 Å². The van der Waals surface area contributed by atoms with Gasteiger partial charge in [-0.1, -0.05) is 30.3 Å². The van der Waals surface area contributed by atoms with Gasteiger partial charge in [-0.2, -0.15) is 0 Å². The minimum absolute atomic E-state index is 0.132. The van der Waals surface area contributed by atoms with Crippen LogP contribution in [0.4, 0.5) is 0 Å². The Balaban J connectivity index is 1.51. The highest BCUT2D eigenvalue weighted by Gasteiger charge is 2.08. The van der Waals surface area contributed by atoms with E-state index in [1.807, 2.05) is 24.3 Å². The first kappa shape index (κ1) is 20.3. The lowest BCUT2D eigenvalue weighted by Crippen LogP contribution is -2.37. The maximum atomic E-state index is 10.8. The van der Waals surface area contributed by atoms with Gasteiger partial charge in [0.1, 0.15) is 5.75 Å². The summed E-state index contributed by atoms with van der Waals surface area (Å²) >= 11 is 0. The molecule has 7 nitrogen and oxygen atoms in total. The molecule has 0 aliphatic carbocycles. The molecule has 0 radical (unpaired) electrons. The standard InChI is InChI=1S/C22H27N5O2/c1-15-18(19-8-3-4-9-20(19)27-15)10-11-25-22(24-2)26-13-16-6-5-7-17(12-16)29-14-21(23)28/h3-9,12,27H,10-11,13-14H2,1-2H3,(H2,23,28)(H2,24,25,26). The Morgan fingerprint density at radius 1 is 1.17 bits per heavy atom. The number of ether oxygens (including phenoxy) is 1. The SMILES string of the molecule is CN=C(NCCc1c(C)[nH]c2ccccc12)NCc1cccc(OCC(N)=O)c1. The van der Waals surface area contributed by atoms with Gasteiger partial charge in [0.2, 0.25) is 0 Å². The van der Waals surface area contributed by atoms with Crippen molar-refractivity contribution in [1.29, 1.82) is 0 Å². The second-order valence-corrected chi connectivity index (χ2v) is 6.78. The summed E-state index contributed by atoms with van der Waals surface area (Å²) in [7, 11) is 1.75. The van der Waals surface area contributed by atoms with Crippen molar-refractivity contribution in [1.82, 2.24) is 15.6 Å². The van der Waals surface area contributed by atoms with Crippen molar-refractivity contribution in [2.75, 3.05) is 20.2 Å². The summed E-state index contributed by atoms with van der Waals surface area (Å²) in [6.45, 7) is 3.33. The number of H-pyrrole nitrogens is 1. The van der Waals surface area contributed by atoms with Crippen molar-refractivity contribution in [2.24, 2.45) is 10.7 Å². The van der Waals surface area contributed by atoms with Crippen LogP contribution in [-0.4, -0.2) is 37.1 Å². The number of para-hydroxylation sites is 1. The molecule has 0 saturated carbocycles. The first-order valence-corrected chi connectivity index (χ1v) is 9.57. The van der Waals surface area contributed by atoms with Crippen LogP contribution in [0.3, 0.4) is 0 Å². The van der Waals surface area contributed by atoms with Gasteiger partial charge in [-0.25, -0.2) is 0 Å². The van der Waals surface area contributed by atoms with E-state index in [9.17, 15) is 4.79 Å². The average molecular weight is 393 g/mol. The zero-order chi connectivity index (χ0) is 20.6. The van der Waals surface area contributed by atoms with Gasteiger partial charge >= 0.3 is 0 Å². The summed E-state index contributed by atoms with van der Waals surface area (Å²) in [5.41, 5.74) is 9.82. The van der Waals surface area contributed by atoms with Crippen LogP contribution in [0.15, 0.2) is 53.5 Å². The summed E-state index contributed by atoms with van der Waals surface area (Å²) in [5.74, 6) is 0.843. The molecule has 0 fully saturated rings. The predicted octanol–water partition coefficient (Wildman–Crippen LogP) is 2.25. The number of aliphatic imine (C=N–C) groups is 1. The lowest BCUT2D eigenvalue weighted by molar-refractivity contribution is -0.119. The highest BCUT2D eigenvalue weighted by molar-refractivity contribution is 5.84. The fourth-order valence-electron chi connectivity index (χ4n) is 3.27. The molecule has 1 aromatic heterocycles. The zero-order valence-corrected chi connectivity index (χ0v) is 16.8. The molecule has 5 N–H and O–H groups in total. The van der Waals surface area contributed by atoms with Crippen LogP contribution < -0.4 is 21.1 Å². The summed E-state index contributed by atoms with van der Waals surface area (Å²) < 4.78 is 5.34. The largest absolute Gasteiger partial charge is 0.484 e. The van der Waals surface area contributed by atoms with Gasteiger partial charge in [-0.3, -0.25) is 9.79 Å². The van der Waals surface area contributed by atoms with Gasteiger partial charge in [0.25, 0.3) is 5.91 Å². The fraction of sp³-hybridized carbons (Fsp3) is 0.273. The van der Waals surface area contributed by atoms with Crippen molar-refractivity contribution in [3.63, 3.8) is 0 Å². The summed E-state index contributed by atoms with van der Waals surface area (Å²) in [4.78, 5) is 18.6. The van der Waals surface area contributed by atoms with Gasteiger partial charge in [0, 0.05) is 36.7 Å². The maximum absolute atomic E-state index is 10.8. The number of hydrogen-bond donors (Lipinski definition) is 4. The van der Waals surface area contributed by atoms with Crippen LogP contribution in [0.25, 0.3) is 10.9 Å². The van der Waals surface area contributed by atoms with E-state index in [2.05, 4.69) is 45.7 Å². The monoisotopic (exact) mass is 393 g/mol. The molecule has 7 heteroatoms. The number of aromatic amines is 1. The molecule has 3 rings (SSSR count). The van der Waals surface area contributed by atoms with E-state index in [0.29, 0.717) is 12.3 Å². The topological polar surface area (TPSA) is 105 Å².